The van der Waals surface area contributed by atoms with Gasteiger partial charge in [0.1, 0.15) is 5.58 Å². The molecule has 0 radical (unpaired) electrons. The third kappa shape index (κ3) is 3.74. The van der Waals surface area contributed by atoms with Crippen LogP contribution in [0.1, 0.15) is 0 Å². The van der Waals surface area contributed by atoms with E-state index >= 15 is 0 Å². The zero-order valence-corrected chi connectivity index (χ0v) is 17.9. The van der Waals surface area contributed by atoms with Gasteiger partial charge in [0.25, 0.3) is 0 Å². The lowest BCUT2D eigenvalue weighted by Crippen LogP contribution is -2.19. The Bertz CT molecular complexity index is 1430. The molecule has 1 aliphatic heterocycles. The molecule has 0 aliphatic carbocycles. The van der Waals surface area contributed by atoms with Gasteiger partial charge in [0.2, 0.25) is 18.0 Å². The number of urea groups is 1. The van der Waals surface area contributed by atoms with Crippen LogP contribution in [-0.2, 0) is 0 Å². The number of fused-ring (bicyclic) bond motifs is 2. The Morgan fingerprint density at radius 3 is 2.53 bits per heavy atom. The van der Waals surface area contributed by atoms with E-state index < -0.39 is 17.2 Å². The van der Waals surface area contributed by atoms with Gasteiger partial charge in [-0.05, 0) is 54.6 Å². The maximum Gasteiger partial charge on any atom is 0.323 e. The molecule has 3 N–H and O–H groups in total. The summed E-state index contributed by atoms with van der Waals surface area (Å²) in [7, 11) is 0. The van der Waals surface area contributed by atoms with E-state index in [-0.39, 0.29) is 23.5 Å². The minimum atomic E-state index is -0.616. The molecule has 5 rings (SSSR count). The number of halogens is 1. The van der Waals surface area contributed by atoms with Crippen LogP contribution < -0.4 is 25.5 Å². The van der Waals surface area contributed by atoms with Crippen LogP contribution in [0, 0.1) is 0 Å². The summed E-state index contributed by atoms with van der Waals surface area (Å²) in [5.41, 5.74) is 1.09. The Hall–Kier alpha value is -3.98. The highest BCUT2D eigenvalue weighted by molar-refractivity contribution is 9.10. The second kappa shape index (κ2) is 7.93. The maximum absolute atomic E-state index is 12.8. The molecule has 3 aromatic carbocycles. The summed E-state index contributed by atoms with van der Waals surface area (Å²) in [6, 6.07) is 16.2. The lowest BCUT2D eigenvalue weighted by atomic mass is 10.1. The quantitative estimate of drug-likeness (QED) is 0.356. The van der Waals surface area contributed by atoms with Crippen LogP contribution in [0.5, 0.6) is 17.2 Å². The highest BCUT2D eigenvalue weighted by Gasteiger charge is 2.20. The SMILES string of the molecule is O=C(Nc1cccc(Br)c1)Nc1ccc2oc(-c3ccc4c(c3)OCO4)c(O)c(=O)c2c1. The minimum absolute atomic E-state index is 0.0221. The topological polar surface area (TPSA) is 110 Å². The number of aromatic hydroxyl groups is 1. The maximum atomic E-state index is 12.8. The number of anilines is 2. The molecule has 8 nitrogen and oxygen atoms in total. The first-order valence-electron chi connectivity index (χ1n) is 9.51. The minimum Gasteiger partial charge on any atom is -0.502 e. The fourth-order valence-corrected chi connectivity index (χ4v) is 3.76. The summed E-state index contributed by atoms with van der Waals surface area (Å²) >= 11 is 3.34. The highest BCUT2D eigenvalue weighted by atomic mass is 79.9. The fourth-order valence-electron chi connectivity index (χ4n) is 3.36. The summed E-state index contributed by atoms with van der Waals surface area (Å²) in [4.78, 5) is 25.1. The van der Waals surface area contributed by atoms with Crippen molar-refractivity contribution in [2.45, 2.75) is 0 Å². The van der Waals surface area contributed by atoms with Crippen LogP contribution in [0.15, 0.2) is 74.3 Å². The van der Waals surface area contributed by atoms with Gasteiger partial charge >= 0.3 is 6.03 Å². The monoisotopic (exact) mass is 494 g/mol. The number of amides is 2. The molecule has 1 aromatic heterocycles. The molecule has 0 spiro atoms. The highest BCUT2D eigenvalue weighted by Crippen LogP contribution is 2.38. The number of carbonyl (C=O) groups excluding carboxylic acids is 1. The fraction of sp³-hybridized carbons (Fsp3) is 0.0435. The van der Waals surface area contributed by atoms with Crippen LogP contribution in [0.2, 0.25) is 0 Å². The summed E-state index contributed by atoms with van der Waals surface area (Å²) in [6.45, 7) is 0.108. The molecule has 2 amide bonds. The number of benzene rings is 3. The zero-order valence-electron chi connectivity index (χ0n) is 16.3. The number of hydrogen-bond donors (Lipinski definition) is 3. The molecule has 0 bridgehead atoms. The number of hydrogen-bond acceptors (Lipinski definition) is 6. The number of rotatable bonds is 3. The first-order chi connectivity index (χ1) is 15.5. The van der Waals surface area contributed by atoms with E-state index in [1.807, 2.05) is 6.07 Å². The van der Waals surface area contributed by atoms with Gasteiger partial charge in [-0.1, -0.05) is 22.0 Å². The van der Waals surface area contributed by atoms with Gasteiger partial charge in [0.15, 0.2) is 17.3 Å². The predicted molar refractivity (Wildman–Crippen MR) is 122 cm³/mol. The Kier molecular flexibility index (Phi) is 4.95. The van der Waals surface area contributed by atoms with Crippen molar-refractivity contribution in [3.8, 4) is 28.6 Å². The van der Waals surface area contributed by atoms with Gasteiger partial charge in [-0.15, -0.1) is 0 Å². The van der Waals surface area contributed by atoms with E-state index in [2.05, 4.69) is 26.6 Å². The van der Waals surface area contributed by atoms with Gasteiger partial charge in [-0.3, -0.25) is 4.79 Å². The van der Waals surface area contributed by atoms with E-state index in [1.54, 1.807) is 48.5 Å². The van der Waals surface area contributed by atoms with Crippen LogP contribution >= 0.6 is 15.9 Å². The molecule has 0 saturated heterocycles. The summed E-state index contributed by atoms with van der Waals surface area (Å²) in [5, 5.41) is 16.0. The molecule has 0 atom stereocenters. The molecule has 4 aromatic rings. The molecule has 0 fully saturated rings. The van der Waals surface area contributed by atoms with Gasteiger partial charge < -0.3 is 29.6 Å². The molecule has 0 saturated carbocycles. The van der Waals surface area contributed by atoms with E-state index in [0.29, 0.717) is 28.4 Å². The van der Waals surface area contributed by atoms with Crippen molar-refractivity contribution in [2.24, 2.45) is 0 Å². The van der Waals surface area contributed by atoms with Gasteiger partial charge in [0.05, 0.1) is 5.39 Å². The molecule has 1 aliphatic rings. The van der Waals surface area contributed by atoms with E-state index in [0.717, 1.165) is 4.47 Å². The van der Waals surface area contributed by atoms with E-state index in [1.165, 1.54) is 6.07 Å². The van der Waals surface area contributed by atoms with Crippen LogP contribution in [-0.4, -0.2) is 17.9 Å². The molecular formula is C23H15BrN2O6. The third-order valence-corrected chi connectivity index (χ3v) is 5.33. The first kappa shape index (κ1) is 20.0. The Morgan fingerprint density at radius 2 is 1.72 bits per heavy atom. The number of nitrogens with one attached hydrogen (secondary N) is 2. The summed E-state index contributed by atoms with van der Waals surface area (Å²) in [5.74, 6) is 0.565. The predicted octanol–water partition coefficient (Wildman–Crippen LogP) is 5.30. The molecule has 2 heterocycles. The molecule has 9 heteroatoms. The van der Waals surface area contributed by atoms with Crippen molar-refractivity contribution in [1.82, 2.24) is 0 Å². The smallest absolute Gasteiger partial charge is 0.323 e. The Morgan fingerprint density at radius 1 is 0.938 bits per heavy atom. The number of carbonyl (C=O) groups is 1. The van der Waals surface area contributed by atoms with Crippen molar-refractivity contribution in [3.05, 3.63) is 75.4 Å². The largest absolute Gasteiger partial charge is 0.502 e. The van der Waals surface area contributed by atoms with Gasteiger partial charge in [-0.25, -0.2) is 4.79 Å². The molecule has 160 valence electrons. The third-order valence-electron chi connectivity index (χ3n) is 4.84. The second-order valence-electron chi connectivity index (χ2n) is 6.98. The molecular weight excluding hydrogens is 480 g/mol. The number of ether oxygens (including phenoxy) is 2. The summed E-state index contributed by atoms with van der Waals surface area (Å²) < 4.78 is 17.3. The standard InChI is InChI=1S/C23H15BrN2O6/c24-13-2-1-3-14(9-13)25-23(29)26-15-5-7-17-16(10-15)20(27)21(28)22(32-17)12-4-6-18-19(8-12)31-11-30-18/h1-10,28H,11H2,(H2,25,26,29). The zero-order chi connectivity index (χ0) is 22.2. The molecule has 32 heavy (non-hydrogen) atoms. The van der Waals surface area contributed by atoms with Crippen LogP contribution in [0.25, 0.3) is 22.3 Å². The average molecular weight is 495 g/mol. The van der Waals surface area contributed by atoms with Gasteiger partial charge in [-0.2, -0.15) is 0 Å². The van der Waals surface area contributed by atoms with Crippen molar-refractivity contribution >= 4 is 44.3 Å². The van der Waals surface area contributed by atoms with Crippen molar-refractivity contribution in [1.29, 1.82) is 0 Å². The van der Waals surface area contributed by atoms with Crippen LogP contribution in [0.3, 0.4) is 0 Å². The molecule has 0 unspecified atom stereocenters. The average Bonchev–Trinajstić information content (AvgIpc) is 3.24. The van der Waals surface area contributed by atoms with E-state index in [9.17, 15) is 14.7 Å². The van der Waals surface area contributed by atoms with Gasteiger partial charge in [0, 0.05) is 21.4 Å². The summed E-state index contributed by atoms with van der Waals surface area (Å²) in [6.07, 6.45) is 0. The van der Waals surface area contributed by atoms with Crippen LogP contribution in [0.4, 0.5) is 16.2 Å². The van der Waals surface area contributed by atoms with Crippen molar-refractivity contribution < 1.29 is 23.8 Å². The normalized spacial score (nSPS) is 12.0. The lowest BCUT2D eigenvalue weighted by Gasteiger charge is -2.10. The lowest BCUT2D eigenvalue weighted by molar-refractivity contribution is 0.174. The van der Waals surface area contributed by atoms with Crippen molar-refractivity contribution in [2.75, 3.05) is 17.4 Å². The van der Waals surface area contributed by atoms with Crippen molar-refractivity contribution in [3.63, 3.8) is 0 Å². The van der Waals surface area contributed by atoms with E-state index in [4.69, 9.17) is 13.9 Å². The second-order valence-corrected chi connectivity index (χ2v) is 7.89. The first-order valence-corrected chi connectivity index (χ1v) is 10.3. The Balaban J connectivity index is 1.44. The Labute approximate surface area is 189 Å².